The maximum absolute atomic E-state index is 12.8. The Labute approximate surface area is 128 Å². The summed E-state index contributed by atoms with van der Waals surface area (Å²) in [4.78, 5) is 1.96. The van der Waals surface area contributed by atoms with Gasteiger partial charge in [-0.2, -0.15) is 13.2 Å². The topological polar surface area (TPSA) is 41.0 Å². The van der Waals surface area contributed by atoms with Crippen LogP contribution in [0.4, 0.5) is 22.7 Å². The third kappa shape index (κ3) is 4.92. The summed E-state index contributed by atoms with van der Waals surface area (Å²) in [5.41, 5.74) is 0.958. The molecule has 0 spiro atoms. The third-order valence-electron chi connectivity index (χ3n) is 2.80. The highest BCUT2D eigenvalue weighted by Gasteiger charge is 2.35. The van der Waals surface area contributed by atoms with Crippen molar-refractivity contribution in [3.05, 3.63) is 40.7 Å². The molecule has 0 saturated heterocycles. The number of anilines is 1. The van der Waals surface area contributed by atoms with Crippen molar-refractivity contribution in [3.63, 3.8) is 0 Å². The van der Waals surface area contributed by atoms with E-state index in [4.69, 9.17) is 0 Å². The molecule has 1 aromatic carbocycles. The van der Waals surface area contributed by atoms with Crippen molar-refractivity contribution in [1.82, 2.24) is 15.1 Å². The van der Waals surface area contributed by atoms with E-state index >= 15 is 0 Å². The van der Waals surface area contributed by atoms with Crippen LogP contribution in [-0.4, -0.2) is 35.2 Å². The number of likely N-dealkylation sites (N-methyl/N-ethyl adjacent to an activating group) is 1. The molecule has 1 N–H and O–H groups in total. The van der Waals surface area contributed by atoms with Crippen molar-refractivity contribution in [3.8, 4) is 0 Å². The molecule has 1 heterocycles. The maximum atomic E-state index is 12.8. The normalized spacial score (nSPS) is 11.9. The highest BCUT2D eigenvalue weighted by Crippen LogP contribution is 2.32. The van der Waals surface area contributed by atoms with Gasteiger partial charge in [-0.15, -0.1) is 10.2 Å². The lowest BCUT2D eigenvalue weighted by molar-refractivity contribution is -0.138. The van der Waals surface area contributed by atoms with Crippen LogP contribution in [-0.2, 0) is 12.7 Å². The van der Waals surface area contributed by atoms with Crippen LogP contribution in [0.25, 0.3) is 0 Å². The summed E-state index contributed by atoms with van der Waals surface area (Å²) in [5, 5.41) is 8.53. The Hall–Kier alpha value is -1.74. The van der Waals surface area contributed by atoms with E-state index in [0.29, 0.717) is 31.0 Å². The van der Waals surface area contributed by atoms with Crippen LogP contribution in [0.5, 0.6) is 0 Å². The van der Waals surface area contributed by atoms with Gasteiger partial charge in [0, 0.05) is 19.6 Å². The molecule has 0 atom stereocenters. The monoisotopic (exact) mass is 334 g/mol. The van der Waals surface area contributed by atoms with Gasteiger partial charge in [0.1, 0.15) is 5.82 Å². The lowest BCUT2D eigenvalue weighted by Crippen LogP contribution is -2.24. The fourth-order valence-corrected chi connectivity index (χ4v) is 2.38. The van der Waals surface area contributed by atoms with Crippen LogP contribution >= 0.6 is 11.3 Å². The maximum Gasteiger partial charge on any atom is 0.445 e. The van der Waals surface area contributed by atoms with E-state index < -0.39 is 11.2 Å². The standard InChI is InChI=1S/C13H14F4N4S/c1-21(8-9-2-4-10(14)5-3-9)7-6-18-12-20-19-11(22-12)13(15,16)17/h2-5H,6-8H2,1H3,(H,18,20). The second kappa shape index (κ2) is 7.01. The second-order valence-electron chi connectivity index (χ2n) is 4.70. The zero-order chi connectivity index (χ0) is 16.2. The Morgan fingerprint density at radius 3 is 2.45 bits per heavy atom. The first-order chi connectivity index (χ1) is 10.3. The fourth-order valence-electron chi connectivity index (χ4n) is 1.74. The number of hydrogen-bond donors (Lipinski definition) is 1. The third-order valence-corrected chi connectivity index (χ3v) is 3.73. The van der Waals surface area contributed by atoms with Crippen molar-refractivity contribution in [2.45, 2.75) is 12.7 Å². The summed E-state index contributed by atoms with van der Waals surface area (Å²) in [6.07, 6.45) is -4.46. The zero-order valence-electron chi connectivity index (χ0n) is 11.7. The highest BCUT2D eigenvalue weighted by molar-refractivity contribution is 7.15. The highest BCUT2D eigenvalue weighted by atomic mass is 32.1. The van der Waals surface area contributed by atoms with Gasteiger partial charge in [-0.1, -0.05) is 23.5 Å². The quantitative estimate of drug-likeness (QED) is 0.824. The van der Waals surface area contributed by atoms with Crippen LogP contribution in [0, 0.1) is 5.82 Å². The lowest BCUT2D eigenvalue weighted by Gasteiger charge is -2.16. The van der Waals surface area contributed by atoms with E-state index in [0.717, 1.165) is 5.56 Å². The first-order valence-electron chi connectivity index (χ1n) is 6.42. The Balaban J connectivity index is 1.76. The summed E-state index contributed by atoms with van der Waals surface area (Å²) in [6.45, 7) is 1.65. The number of rotatable bonds is 6. The fraction of sp³-hybridized carbons (Fsp3) is 0.385. The van der Waals surface area contributed by atoms with E-state index in [1.165, 1.54) is 12.1 Å². The molecule has 2 aromatic rings. The van der Waals surface area contributed by atoms with E-state index in [1.54, 1.807) is 12.1 Å². The number of benzene rings is 1. The van der Waals surface area contributed by atoms with Gasteiger partial charge in [0.2, 0.25) is 10.1 Å². The SMILES string of the molecule is CN(CCNc1nnc(C(F)(F)F)s1)Cc1ccc(F)cc1. The first-order valence-corrected chi connectivity index (χ1v) is 7.24. The van der Waals surface area contributed by atoms with Crippen LogP contribution < -0.4 is 5.32 Å². The van der Waals surface area contributed by atoms with Gasteiger partial charge in [-0.25, -0.2) is 4.39 Å². The van der Waals surface area contributed by atoms with Crippen molar-refractivity contribution < 1.29 is 17.6 Å². The van der Waals surface area contributed by atoms with Crippen LogP contribution in [0.15, 0.2) is 24.3 Å². The molecular weight excluding hydrogens is 320 g/mol. The van der Waals surface area contributed by atoms with Crippen molar-refractivity contribution in [1.29, 1.82) is 0 Å². The number of hydrogen-bond acceptors (Lipinski definition) is 5. The number of nitrogens with zero attached hydrogens (tertiary/aromatic N) is 3. The van der Waals surface area contributed by atoms with Gasteiger partial charge in [-0.05, 0) is 24.7 Å². The average Bonchev–Trinajstić information content (AvgIpc) is 2.90. The Morgan fingerprint density at radius 1 is 1.18 bits per heavy atom. The molecule has 0 saturated carbocycles. The molecule has 0 aliphatic heterocycles. The molecule has 0 bridgehead atoms. The Morgan fingerprint density at radius 2 is 1.86 bits per heavy atom. The van der Waals surface area contributed by atoms with Crippen LogP contribution in [0.2, 0.25) is 0 Å². The minimum absolute atomic E-state index is 0.141. The molecule has 4 nitrogen and oxygen atoms in total. The van der Waals surface area contributed by atoms with Gasteiger partial charge in [-0.3, -0.25) is 0 Å². The van der Waals surface area contributed by atoms with Crippen LogP contribution in [0.3, 0.4) is 0 Å². The minimum Gasteiger partial charge on any atom is -0.359 e. The van der Waals surface area contributed by atoms with Gasteiger partial charge in [0.25, 0.3) is 0 Å². The molecule has 0 unspecified atom stereocenters. The summed E-state index contributed by atoms with van der Waals surface area (Å²) < 4.78 is 49.9. The van der Waals surface area contributed by atoms with Crippen LogP contribution in [0.1, 0.15) is 10.6 Å². The number of nitrogens with one attached hydrogen (secondary N) is 1. The predicted molar refractivity (Wildman–Crippen MR) is 76.1 cm³/mol. The summed E-state index contributed by atoms with van der Waals surface area (Å²) >= 11 is 0.479. The Bertz CT molecular complexity index is 597. The number of alkyl halides is 3. The van der Waals surface area contributed by atoms with Gasteiger partial charge >= 0.3 is 6.18 Å². The van der Waals surface area contributed by atoms with Gasteiger partial charge in [0.15, 0.2) is 0 Å². The first kappa shape index (κ1) is 16.6. The molecule has 0 aliphatic carbocycles. The predicted octanol–water partition coefficient (Wildman–Crippen LogP) is 3.24. The smallest absolute Gasteiger partial charge is 0.359 e. The van der Waals surface area contributed by atoms with Gasteiger partial charge in [0.05, 0.1) is 0 Å². The molecule has 2 rings (SSSR count). The summed E-state index contributed by atoms with van der Waals surface area (Å²) in [5.74, 6) is -0.287. The molecule has 1 aromatic heterocycles. The lowest BCUT2D eigenvalue weighted by atomic mass is 10.2. The molecule has 0 amide bonds. The Kier molecular flexibility index (Phi) is 5.30. The van der Waals surface area contributed by atoms with Crippen molar-refractivity contribution >= 4 is 16.5 Å². The number of halogens is 4. The molecule has 120 valence electrons. The molecular formula is C13H14F4N4S. The van der Waals surface area contributed by atoms with E-state index in [9.17, 15) is 17.6 Å². The molecule has 0 aliphatic rings. The summed E-state index contributed by atoms with van der Waals surface area (Å²) in [6, 6.07) is 6.17. The van der Waals surface area contributed by atoms with E-state index in [1.807, 2.05) is 11.9 Å². The van der Waals surface area contributed by atoms with Crippen molar-refractivity contribution in [2.24, 2.45) is 0 Å². The van der Waals surface area contributed by atoms with Gasteiger partial charge < -0.3 is 10.2 Å². The second-order valence-corrected chi connectivity index (χ2v) is 5.68. The largest absolute Gasteiger partial charge is 0.445 e. The average molecular weight is 334 g/mol. The minimum atomic E-state index is -4.46. The molecule has 0 radical (unpaired) electrons. The molecule has 0 fully saturated rings. The molecule has 9 heteroatoms. The zero-order valence-corrected chi connectivity index (χ0v) is 12.5. The van der Waals surface area contributed by atoms with Crippen molar-refractivity contribution in [2.75, 3.05) is 25.5 Å². The van der Waals surface area contributed by atoms with E-state index in [-0.39, 0.29) is 10.9 Å². The van der Waals surface area contributed by atoms with E-state index in [2.05, 4.69) is 15.5 Å². The summed E-state index contributed by atoms with van der Waals surface area (Å²) in [7, 11) is 1.87. The number of aromatic nitrogens is 2. The molecule has 22 heavy (non-hydrogen) atoms.